The summed E-state index contributed by atoms with van der Waals surface area (Å²) in [4.78, 5) is 27.7. The second-order valence-corrected chi connectivity index (χ2v) is 6.69. The van der Waals surface area contributed by atoms with Crippen LogP contribution in [0.15, 0.2) is 30.5 Å². The van der Waals surface area contributed by atoms with Gasteiger partial charge >= 0.3 is 11.8 Å². The Morgan fingerprint density at radius 3 is 2.67 bits per heavy atom. The molecule has 0 aliphatic carbocycles. The Morgan fingerprint density at radius 2 is 1.96 bits per heavy atom. The molecule has 0 amide bonds. The maximum Gasteiger partial charge on any atom is 0.414 e. The molecule has 2 aliphatic heterocycles. The first-order valence-electron chi connectivity index (χ1n) is 8.96. The van der Waals surface area contributed by atoms with Crippen LogP contribution in [0.1, 0.15) is 19.3 Å². The van der Waals surface area contributed by atoms with Crippen LogP contribution in [-0.4, -0.2) is 46.1 Å². The van der Waals surface area contributed by atoms with Crippen molar-refractivity contribution < 1.29 is 19.2 Å². The van der Waals surface area contributed by atoms with Gasteiger partial charge in [-0.3, -0.25) is 9.36 Å². The lowest BCUT2D eigenvalue weighted by Gasteiger charge is -2.28. The molecule has 2 aromatic rings. The molecule has 1 aromatic carbocycles. The Hall–Kier alpha value is -3.10. The van der Waals surface area contributed by atoms with E-state index in [9.17, 15) is 14.9 Å². The van der Waals surface area contributed by atoms with Gasteiger partial charge in [0, 0.05) is 49.6 Å². The van der Waals surface area contributed by atoms with Crippen molar-refractivity contribution in [2.45, 2.75) is 31.9 Å². The zero-order valence-electron chi connectivity index (χ0n) is 14.7. The van der Waals surface area contributed by atoms with Crippen molar-refractivity contribution in [3.8, 4) is 11.8 Å². The van der Waals surface area contributed by atoms with Crippen molar-refractivity contribution in [2.75, 3.05) is 24.6 Å². The lowest BCUT2D eigenvalue weighted by molar-refractivity contribution is -0.389. The number of carbonyl (C=O) groups excluding carboxylic acids is 1. The molecule has 1 fully saturated rings. The molecule has 1 saturated heterocycles. The van der Waals surface area contributed by atoms with Crippen molar-refractivity contribution in [1.82, 2.24) is 9.55 Å². The summed E-state index contributed by atoms with van der Waals surface area (Å²) < 4.78 is 13.1. The lowest BCUT2D eigenvalue weighted by Crippen LogP contribution is -2.33. The number of hydrogen-bond acceptors (Lipinski definition) is 7. The predicted octanol–water partition coefficient (Wildman–Crippen LogP) is 2.19. The van der Waals surface area contributed by atoms with Crippen molar-refractivity contribution in [3.05, 3.63) is 40.6 Å². The minimum atomic E-state index is -0.528. The van der Waals surface area contributed by atoms with Crippen LogP contribution in [0.4, 0.5) is 11.5 Å². The van der Waals surface area contributed by atoms with Gasteiger partial charge in [0.2, 0.25) is 0 Å². The normalized spacial score (nSPS) is 19.3. The van der Waals surface area contributed by atoms with Gasteiger partial charge in [-0.2, -0.15) is 0 Å². The maximum absolute atomic E-state index is 11.3. The Morgan fingerprint density at radius 1 is 1.22 bits per heavy atom. The monoisotopic (exact) mass is 372 g/mol. The number of Topliss-reactive ketones (excluding diaryl/α,β-unsaturated/α-hetero) is 1. The van der Waals surface area contributed by atoms with Crippen LogP contribution in [0.3, 0.4) is 0 Å². The smallest absolute Gasteiger partial charge is 0.414 e. The molecule has 0 unspecified atom stereocenters. The average Bonchev–Trinajstić information content (AvgIpc) is 3.11. The van der Waals surface area contributed by atoms with E-state index in [0.717, 1.165) is 24.5 Å². The molecule has 1 atom stereocenters. The molecule has 0 bridgehead atoms. The quantitative estimate of drug-likeness (QED) is 0.586. The van der Waals surface area contributed by atoms with E-state index >= 15 is 0 Å². The lowest BCUT2D eigenvalue weighted by atomic mass is 10.1. The summed E-state index contributed by atoms with van der Waals surface area (Å²) in [6.45, 7) is 2.47. The number of imidazole rings is 1. The zero-order chi connectivity index (χ0) is 18.8. The van der Waals surface area contributed by atoms with Gasteiger partial charge in [-0.15, -0.1) is 0 Å². The number of rotatable bonds is 5. The van der Waals surface area contributed by atoms with E-state index in [4.69, 9.17) is 9.47 Å². The minimum absolute atomic E-state index is 0.202. The first-order chi connectivity index (χ1) is 13.1. The number of nitrogens with zero attached hydrogens (tertiary/aromatic N) is 4. The highest BCUT2D eigenvalue weighted by molar-refractivity contribution is 5.81. The third kappa shape index (κ3) is 3.86. The molecule has 0 saturated carbocycles. The summed E-state index contributed by atoms with van der Waals surface area (Å²) in [5, 5.41) is 10.8. The molecular weight excluding hydrogens is 352 g/mol. The number of hydrogen-bond donors (Lipinski definition) is 0. The number of carbonyl (C=O) groups is 1. The van der Waals surface area contributed by atoms with E-state index in [1.165, 1.54) is 6.20 Å². The Labute approximate surface area is 155 Å². The Kier molecular flexibility index (Phi) is 4.66. The fraction of sp³-hybridized carbons (Fsp3) is 0.444. The first-order valence-corrected chi connectivity index (χ1v) is 8.96. The van der Waals surface area contributed by atoms with E-state index in [-0.39, 0.29) is 17.9 Å². The van der Waals surface area contributed by atoms with Crippen molar-refractivity contribution in [1.29, 1.82) is 0 Å². The Balaban J connectivity index is 1.31. The topological polar surface area (TPSA) is 99.7 Å². The van der Waals surface area contributed by atoms with Crippen LogP contribution >= 0.6 is 0 Å². The van der Waals surface area contributed by atoms with Gasteiger partial charge in [0.1, 0.15) is 30.4 Å². The predicted molar refractivity (Wildman–Crippen MR) is 96.3 cm³/mol. The average molecular weight is 372 g/mol. The van der Waals surface area contributed by atoms with E-state index in [0.29, 0.717) is 38.2 Å². The van der Waals surface area contributed by atoms with Crippen LogP contribution in [0.25, 0.3) is 0 Å². The minimum Gasteiger partial charge on any atom is -0.490 e. The number of ketones is 1. The van der Waals surface area contributed by atoms with Crippen LogP contribution < -0.4 is 14.4 Å². The van der Waals surface area contributed by atoms with Crippen molar-refractivity contribution in [3.63, 3.8) is 0 Å². The number of aromatic nitrogens is 2. The molecule has 27 heavy (non-hydrogen) atoms. The zero-order valence-corrected chi connectivity index (χ0v) is 14.7. The fourth-order valence-electron chi connectivity index (χ4n) is 3.29. The number of nitro groups is 1. The summed E-state index contributed by atoms with van der Waals surface area (Å²) in [7, 11) is 0. The van der Waals surface area contributed by atoms with E-state index < -0.39 is 4.92 Å². The van der Waals surface area contributed by atoms with Gasteiger partial charge in [-0.1, -0.05) is 0 Å². The maximum atomic E-state index is 11.3. The highest BCUT2D eigenvalue weighted by Crippen LogP contribution is 2.25. The molecule has 3 heterocycles. The van der Waals surface area contributed by atoms with Gasteiger partial charge < -0.3 is 24.5 Å². The van der Waals surface area contributed by atoms with Crippen molar-refractivity contribution >= 4 is 17.3 Å². The summed E-state index contributed by atoms with van der Waals surface area (Å²) >= 11 is 0. The highest BCUT2D eigenvalue weighted by atomic mass is 16.6. The van der Waals surface area contributed by atoms with Gasteiger partial charge in [0.25, 0.3) is 0 Å². The number of benzene rings is 1. The van der Waals surface area contributed by atoms with E-state index in [1.807, 2.05) is 24.3 Å². The third-order valence-electron chi connectivity index (χ3n) is 4.84. The molecule has 1 aromatic heterocycles. The second kappa shape index (κ2) is 7.26. The SMILES string of the molecule is O=C1CCN(c2ccc(OC[C@H]3CCn4cc([N+](=O)[O-])nc4O3)cc2)CC1. The molecule has 0 spiro atoms. The van der Waals surface area contributed by atoms with Crippen molar-refractivity contribution in [2.24, 2.45) is 0 Å². The first kappa shape index (κ1) is 17.3. The Bertz CT molecular complexity index is 838. The van der Waals surface area contributed by atoms with E-state index in [2.05, 4.69) is 9.88 Å². The summed E-state index contributed by atoms with van der Waals surface area (Å²) in [6, 6.07) is 8.05. The molecule has 0 radical (unpaired) electrons. The molecule has 0 N–H and O–H groups in total. The standard InChI is InChI=1S/C18H20N4O5/c23-14-5-8-20(9-6-14)13-1-3-15(4-2-13)26-12-16-7-10-21-11-17(22(24)25)19-18(21)27-16/h1-4,11,16H,5-10,12H2/t16-/m1/s1. The number of ether oxygens (including phenoxy) is 2. The fourth-order valence-corrected chi connectivity index (χ4v) is 3.29. The third-order valence-corrected chi connectivity index (χ3v) is 4.84. The molecule has 9 heteroatoms. The van der Waals surface area contributed by atoms with Crippen LogP contribution in [0.2, 0.25) is 0 Å². The molecule has 2 aliphatic rings. The summed E-state index contributed by atoms with van der Waals surface area (Å²) in [6.07, 6.45) is 3.09. The number of aryl methyl sites for hydroxylation is 1. The van der Waals surface area contributed by atoms with Gasteiger partial charge in [0.05, 0.1) is 0 Å². The van der Waals surface area contributed by atoms with Crippen LogP contribution in [0.5, 0.6) is 11.8 Å². The van der Waals surface area contributed by atoms with E-state index in [1.54, 1.807) is 4.57 Å². The van der Waals surface area contributed by atoms with Gasteiger partial charge in [-0.25, -0.2) is 0 Å². The second-order valence-electron chi connectivity index (χ2n) is 6.69. The largest absolute Gasteiger partial charge is 0.490 e. The number of fused-ring (bicyclic) bond motifs is 1. The van der Waals surface area contributed by atoms with Crippen LogP contribution in [0, 0.1) is 10.1 Å². The number of piperidine rings is 1. The molecular formula is C18H20N4O5. The molecule has 9 nitrogen and oxygen atoms in total. The summed E-state index contributed by atoms with van der Waals surface area (Å²) in [5.74, 6) is 0.849. The summed E-state index contributed by atoms with van der Waals surface area (Å²) in [5.41, 5.74) is 1.08. The molecule has 142 valence electrons. The molecule has 4 rings (SSSR count). The number of anilines is 1. The van der Waals surface area contributed by atoms with Crippen LogP contribution in [-0.2, 0) is 11.3 Å². The van der Waals surface area contributed by atoms with Gasteiger partial charge in [0.15, 0.2) is 0 Å². The van der Waals surface area contributed by atoms with Gasteiger partial charge in [-0.05, 0) is 29.2 Å². The highest BCUT2D eigenvalue weighted by Gasteiger charge is 2.28.